The lowest BCUT2D eigenvalue weighted by Gasteiger charge is -2.21. The maximum absolute atomic E-state index is 5.83. The third kappa shape index (κ3) is 1.69. The number of benzene rings is 1. The second-order valence-corrected chi connectivity index (χ2v) is 5.13. The number of aryl methyl sites for hydroxylation is 1. The number of nitrogens with zero attached hydrogens (tertiary/aromatic N) is 3. The van der Waals surface area contributed by atoms with Crippen molar-refractivity contribution in [2.24, 2.45) is 0 Å². The molecule has 1 fully saturated rings. The zero-order valence-corrected chi connectivity index (χ0v) is 10.9. The van der Waals surface area contributed by atoms with Gasteiger partial charge in [-0.3, -0.25) is 0 Å². The van der Waals surface area contributed by atoms with Gasteiger partial charge in [0.2, 0.25) is 0 Å². The average molecular weight is 256 g/mol. The average Bonchev–Trinajstić information content (AvgIpc) is 3.21. The highest BCUT2D eigenvalue weighted by atomic mass is 16.5. The number of hydrogen-bond donors (Lipinski definition) is 1. The molecule has 2 aromatic rings. The molecule has 0 radical (unpaired) electrons. The van der Waals surface area contributed by atoms with Crippen molar-refractivity contribution in [3.63, 3.8) is 0 Å². The minimum atomic E-state index is 0.567. The third-order valence-corrected chi connectivity index (χ3v) is 3.70. The van der Waals surface area contributed by atoms with Crippen molar-refractivity contribution >= 4 is 5.69 Å². The van der Waals surface area contributed by atoms with Crippen LogP contribution in [0.5, 0.6) is 5.75 Å². The number of nitrogens with one attached hydrogen (secondary N) is 1. The van der Waals surface area contributed by atoms with Gasteiger partial charge in [0, 0.05) is 12.6 Å². The summed E-state index contributed by atoms with van der Waals surface area (Å²) in [6.45, 7) is 3.56. The van der Waals surface area contributed by atoms with Gasteiger partial charge in [0.15, 0.2) is 11.6 Å². The Morgan fingerprint density at radius 3 is 3.05 bits per heavy atom. The molecule has 1 aromatic carbocycles. The molecule has 19 heavy (non-hydrogen) atoms. The van der Waals surface area contributed by atoms with Gasteiger partial charge in [0.25, 0.3) is 0 Å². The summed E-state index contributed by atoms with van der Waals surface area (Å²) in [6, 6.07) is 6.71. The van der Waals surface area contributed by atoms with Gasteiger partial charge < -0.3 is 14.6 Å². The quantitative estimate of drug-likeness (QED) is 0.896. The van der Waals surface area contributed by atoms with Gasteiger partial charge in [0.1, 0.15) is 12.4 Å². The molecule has 0 amide bonds. The van der Waals surface area contributed by atoms with Crippen molar-refractivity contribution < 1.29 is 4.74 Å². The van der Waals surface area contributed by atoms with E-state index in [9.17, 15) is 0 Å². The Hall–Kier alpha value is -2.04. The highest BCUT2D eigenvalue weighted by Gasteiger charge is 2.30. The molecule has 0 bridgehead atoms. The summed E-state index contributed by atoms with van der Waals surface area (Å²) in [5, 5.41) is 12.0. The summed E-state index contributed by atoms with van der Waals surface area (Å²) in [6.07, 6.45) is 2.44. The topological polar surface area (TPSA) is 52.0 Å². The molecule has 4 rings (SSSR count). The monoisotopic (exact) mass is 256 g/mol. The first-order valence-corrected chi connectivity index (χ1v) is 6.76. The standard InChI is InChI=1S/C14H16N4O/c1-9-16-17-14(18(9)10-5-6-10)11-3-2-4-12-13(11)19-8-7-15-12/h2-4,10,15H,5-8H2,1H3. The van der Waals surface area contributed by atoms with E-state index >= 15 is 0 Å². The van der Waals surface area contributed by atoms with Crippen LogP contribution in [0.1, 0.15) is 24.7 Å². The number of ether oxygens (including phenoxy) is 1. The summed E-state index contributed by atoms with van der Waals surface area (Å²) in [5.74, 6) is 2.82. The minimum absolute atomic E-state index is 0.567. The normalized spacial score (nSPS) is 17.5. The highest BCUT2D eigenvalue weighted by molar-refractivity contribution is 5.75. The number of rotatable bonds is 2. The van der Waals surface area contributed by atoms with E-state index in [0.717, 1.165) is 35.2 Å². The van der Waals surface area contributed by atoms with E-state index in [1.165, 1.54) is 12.8 Å². The van der Waals surface area contributed by atoms with Crippen LogP contribution in [-0.4, -0.2) is 27.9 Å². The fourth-order valence-electron chi connectivity index (χ4n) is 2.67. The fraction of sp³-hybridized carbons (Fsp3) is 0.429. The molecule has 5 nitrogen and oxygen atoms in total. The molecule has 2 aliphatic rings. The Morgan fingerprint density at radius 1 is 1.32 bits per heavy atom. The van der Waals surface area contributed by atoms with Crippen molar-refractivity contribution in [1.82, 2.24) is 14.8 Å². The molecule has 5 heteroatoms. The maximum atomic E-state index is 5.83. The number of fused-ring (bicyclic) bond motifs is 1. The second kappa shape index (κ2) is 3.98. The number of anilines is 1. The van der Waals surface area contributed by atoms with Gasteiger partial charge in [-0.1, -0.05) is 6.07 Å². The molecule has 98 valence electrons. The van der Waals surface area contributed by atoms with Gasteiger partial charge in [-0.15, -0.1) is 10.2 Å². The summed E-state index contributed by atoms with van der Waals surface area (Å²) in [4.78, 5) is 0. The molecule has 1 aromatic heterocycles. The first kappa shape index (κ1) is 10.8. The van der Waals surface area contributed by atoms with Crippen molar-refractivity contribution in [2.75, 3.05) is 18.5 Å². The van der Waals surface area contributed by atoms with E-state index in [-0.39, 0.29) is 0 Å². The molecule has 0 unspecified atom stereocenters. The van der Waals surface area contributed by atoms with Crippen LogP contribution in [0, 0.1) is 6.92 Å². The zero-order chi connectivity index (χ0) is 12.8. The summed E-state index contributed by atoms with van der Waals surface area (Å²) in [7, 11) is 0. The molecule has 1 aliphatic carbocycles. The molecular formula is C14H16N4O. The van der Waals surface area contributed by atoms with E-state index in [1.54, 1.807) is 0 Å². The van der Waals surface area contributed by atoms with Crippen molar-refractivity contribution in [3.8, 4) is 17.1 Å². The van der Waals surface area contributed by atoms with E-state index in [0.29, 0.717) is 12.6 Å². The Balaban J connectivity index is 1.88. The number of aromatic nitrogens is 3. The Morgan fingerprint density at radius 2 is 2.21 bits per heavy atom. The minimum Gasteiger partial charge on any atom is -0.489 e. The van der Waals surface area contributed by atoms with Crippen LogP contribution >= 0.6 is 0 Å². The molecule has 1 aliphatic heterocycles. The number of hydrogen-bond acceptors (Lipinski definition) is 4. The van der Waals surface area contributed by atoms with E-state index < -0.39 is 0 Å². The molecule has 1 N–H and O–H groups in total. The van der Waals surface area contributed by atoms with Gasteiger partial charge >= 0.3 is 0 Å². The first-order chi connectivity index (χ1) is 9.34. The third-order valence-electron chi connectivity index (χ3n) is 3.70. The second-order valence-electron chi connectivity index (χ2n) is 5.13. The summed E-state index contributed by atoms with van der Waals surface area (Å²) >= 11 is 0. The van der Waals surface area contributed by atoms with Crippen LogP contribution in [0.25, 0.3) is 11.4 Å². The SMILES string of the molecule is Cc1nnc(-c2cccc3c2OCCN3)n1C1CC1. The predicted octanol–water partition coefficient (Wildman–Crippen LogP) is 2.39. The molecule has 2 heterocycles. The zero-order valence-electron chi connectivity index (χ0n) is 10.9. The first-order valence-electron chi connectivity index (χ1n) is 6.76. The largest absolute Gasteiger partial charge is 0.489 e. The Bertz CT molecular complexity index is 630. The molecular weight excluding hydrogens is 240 g/mol. The van der Waals surface area contributed by atoms with E-state index in [1.807, 2.05) is 19.1 Å². The Labute approximate surface area is 111 Å². The Kier molecular flexibility index (Phi) is 2.27. The van der Waals surface area contributed by atoms with Gasteiger partial charge in [-0.2, -0.15) is 0 Å². The molecule has 0 spiro atoms. The van der Waals surface area contributed by atoms with Crippen LogP contribution in [0.2, 0.25) is 0 Å². The van der Waals surface area contributed by atoms with Crippen LogP contribution < -0.4 is 10.1 Å². The lowest BCUT2D eigenvalue weighted by Crippen LogP contribution is -2.18. The van der Waals surface area contributed by atoms with Crippen molar-refractivity contribution in [2.45, 2.75) is 25.8 Å². The smallest absolute Gasteiger partial charge is 0.168 e. The van der Waals surface area contributed by atoms with Crippen LogP contribution in [-0.2, 0) is 0 Å². The summed E-state index contributed by atoms with van der Waals surface area (Å²) < 4.78 is 8.07. The van der Waals surface area contributed by atoms with Gasteiger partial charge in [0.05, 0.1) is 11.3 Å². The van der Waals surface area contributed by atoms with Crippen LogP contribution in [0.15, 0.2) is 18.2 Å². The van der Waals surface area contributed by atoms with Crippen molar-refractivity contribution in [1.29, 1.82) is 0 Å². The lowest BCUT2D eigenvalue weighted by atomic mass is 10.1. The fourth-order valence-corrected chi connectivity index (χ4v) is 2.67. The molecule has 0 saturated heterocycles. The van der Waals surface area contributed by atoms with E-state index in [2.05, 4.69) is 26.1 Å². The number of para-hydroxylation sites is 1. The van der Waals surface area contributed by atoms with Crippen LogP contribution in [0.4, 0.5) is 5.69 Å². The van der Waals surface area contributed by atoms with Crippen LogP contribution in [0.3, 0.4) is 0 Å². The maximum Gasteiger partial charge on any atom is 0.168 e. The molecule has 0 atom stereocenters. The predicted molar refractivity (Wildman–Crippen MR) is 72.5 cm³/mol. The summed E-state index contributed by atoms with van der Waals surface area (Å²) in [5.41, 5.74) is 2.09. The van der Waals surface area contributed by atoms with E-state index in [4.69, 9.17) is 4.74 Å². The van der Waals surface area contributed by atoms with Gasteiger partial charge in [-0.05, 0) is 31.9 Å². The highest BCUT2D eigenvalue weighted by Crippen LogP contribution is 2.42. The molecule has 1 saturated carbocycles. The van der Waals surface area contributed by atoms with Gasteiger partial charge in [-0.25, -0.2) is 0 Å². The van der Waals surface area contributed by atoms with Crippen molar-refractivity contribution in [3.05, 3.63) is 24.0 Å². The lowest BCUT2D eigenvalue weighted by molar-refractivity contribution is 0.324.